The highest BCUT2D eigenvalue weighted by atomic mass is 16.6. The Labute approximate surface area is 208 Å². The molecule has 35 heavy (non-hydrogen) atoms. The van der Waals surface area contributed by atoms with Crippen LogP contribution in [0.3, 0.4) is 0 Å². The summed E-state index contributed by atoms with van der Waals surface area (Å²) < 4.78 is 11.0. The molecule has 1 saturated carbocycles. The summed E-state index contributed by atoms with van der Waals surface area (Å²) in [6.45, 7) is 11.5. The number of guanidine groups is 1. The van der Waals surface area contributed by atoms with E-state index < -0.39 is 17.2 Å². The number of benzene rings is 1. The summed E-state index contributed by atoms with van der Waals surface area (Å²) in [4.78, 5) is 33.1. The molecule has 2 N–H and O–H groups in total. The van der Waals surface area contributed by atoms with Crippen molar-refractivity contribution in [3.8, 4) is 0 Å². The largest absolute Gasteiger partial charge is 0.444 e. The van der Waals surface area contributed by atoms with Gasteiger partial charge in [-0.2, -0.15) is 0 Å². The highest BCUT2D eigenvalue weighted by Gasteiger charge is 2.66. The first-order valence-corrected chi connectivity index (χ1v) is 12.1. The number of fused-ring (bicyclic) bond motifs is 3. The number of allylic oxidation sites excluding steroid dienone is 1. The number of rotatable bonds is 2. The van der Waals surface area contributed by atoms with Gasteiger partial charge >= 0.3 is 6.09 Å². The van der Waals surface area contributed by atoms with Crippen LogP contribution >= 0.6 is 0 Å². The van der Waals surface area contributed by atoms with Crippen LogP contribution in [0.1, 0.15) is 70.1 Å². The minimum atomic E-state index is -1.08. The molecule has 1 unspecified atom stereocenters. The number of aliphatic hydroxyl groups excluding tert-OH is 1. The molecular weight excluding hydrogens is 446 g/mol. The second-order valence-electron chi connectivity index (χ2n) is 10.7. The summed E-state index contributed by atoms with van der Waals surface area (Å²) in [5.41, 5.74) is 1.91. The summed E-state index contributed by atoms with van der Waals surface area (Å²) in [7, 11) is 4.42. The maximum atomic E-state index is 14.0. The van der Waals surface area contributed by atoms with E-state index in [1.54, 1.807) is 34.9 Å². The number of aliphatic imine (C=N–C) groups is 1. The van der Waals surface area contributed by atoms with Crippen molar-refractivity contribution in [2.75, 3.05) is 21.3 Å². The van der Waals surface area contributed by atoms with Crippen LogP contribution in [0.25, 0.3) is 5.57 Å². The Balaban J connectivity index is 0.00000167. The van der Waals surface area contributed by atoms with E-state index in [4.69, 9.17) is 19.6 Å². The number of aliphatic hydroxyl groups is 1. The second kappa shape index (κ2) is 9.74. The van der Waals surface area contributed by atoms with Gasteiger partial charge < -0.3 is 14.6 Å². The molecule has 1 aromatic carbocycles. The van der Waals surface area contributed by atoms with Crippen molar-refractivity contribution in [3.05, 3.63) is 41.5 Å². The summed E-state index contributed by atoms with van der Waals surface area (Å²) in [6.07, 6.45) is 3.75. The zero-order valence-corrected chi connectivity index (χ0v) is 22.0. The van der Waals surface area contributed by atoms with E-state index in [-0.39, 0.29) is 23.4 Å². The Morgan fingerprint density at radius 2 is 1.89 bits per heavy atom. The molecule has 8 heteroatoms. The number of amides is 2. The molecule has 2 spiro atoms. The number of likely N-dealkylation sites (N-methyl/N-ethyl adjacent to an activating group) is 1. The molecule has 0 aromatic heterocycles. The van der Waals surface area contributed by atoms with Crippen molar-refractivity contribution in [2.24, 2.45) is 10.4 Å². The van der Waals surface area contributed by atoms with Gasteiger partial charge in [0.2, 0.25) is 5.96 Å². The van der Waals surface area contributed by atoms with E-state index in [1.807, 2.05) is 6.92 Å². The molecule has 1 fully saturated rings. The zero-order chi connectivity index (χ0) is 26.2. The first kappa shape index (κ1) is 26.9. The molecular formula is C27H39N3O5. The number of methoxy groups -OCH3 is 1. The Kier molecular flexibility index (Phi) is 7.48. The van der Waals surface area contributed by atoms with Gasteiger partial charge in [0.15, 0.2) is 5.54 Å². The van der Waals surface area contributed by atoms with Crippen molar-refractivity contribution in [1.82, 2.24) is 10.2 Å². The van der Waals surface area contributed by atoms with Crippen LogP contribution in [0, 0.1) is 5.41 Å². The second-order valence-corrected chi connectivity index (χ2v) is 10.7. The number of alkyl carbamates (subject to hydrolysis) is 1. The lowest BCUT2D eigenvalue weighted by molar-refractivity contribution is -0.137. The number of carbonyl (C=O) groups excluding carboxylic acids is 2. The molecule has 0 radical (unpaired) electrons. The summed E-state index contributed by atoms with van der Waals surface area (Å²) in [5.74, 6) is 0.123. The highest BCUT2D eigenvalue weighted by molar-refractivity contribution is 6.12. The van der Waals surface area contributed by atoms with Gasteiger partial charge in [-0.05, 0) is 82.6 Å². The van der Waals surface area contributed by atoms with Crippen molar-refractivity contribution >= 4 is 23.5 Å². The Morgan fingerprint density at radius 1 is 1.26 bits per heavy atom. The minimum absolute atomic E-state index is 0.109. The SMILES string of the molecule is C=C(C)c1ccc2c(c1)C1(N=C(NC(=O)OC(C)(C)C)N(C)C1=O)C1(CCC(OC)CC1)C2.CO. The monoisotopic (exact) mass is 485 g/mol. The number of hydrogen-bond acceptors (Lipinski definition) is 6. The normalized spacial score (nSPS) is 27.3. The van der Waals surface area contributed by atoms with E-state index in [1.165, 1.54) is 4.90 Å². The number of nitrogens with zero attached hydrogens (tertiary/aromatic N) is 2. The lowest BCUT2D eigenvalue weighted by atomic mass is 9.61. The Hall–Kier alpha value is -2.71. The van der Waals surface area contributed by atoms with Gasteiger partial charge in [0.05, 0.1) is 6.10 Å². The molecule has 0 bridgehead atoms. The third kappa shape index (κ3) is 4.61. The first-order valence-electron chi connectivity index (χ1n) is 12.1. The fraction of sp³-hybridized carbons (Fsp3) is 0.593. The third-order valence-electron chi connectivity index (χ3n) is 7.33. The van der Waals surface area contributed by atoms with Gasteiger partial charge in [-0.25, -0.2) is 9.79 Å². The van der Waals surface area contributed by atoms with Crippen LogP contribution in [0.4, 0.5) is 4.79 Å². The van der Waals surface area contributed by atoms with Gasteiger partial charge in [0, 0.05) is 26.7 Å². The molecule has 1 atom stereocenters. The maximum absolute atomic E-state index is 14.0. The molecule has 192 valence electrons. The van der Waals surface area contributed by atoms with Crippen LogP contribution in [-0.2, 0) is 26.2 Å². The number of carbonyl (C=O) groups is 2. The lowest BCUT2D eigenvalue weighted by Gasteiger charge is -2.45. The van der Waals surface area contributed by atoms with Crippen molar-refractivity contribution in [2.45, 2.75) is 77.0 Å². The fourth-order valence-corrected chi connectivity index (χ4v) is 5.68. The van der Waals surface area contributed by atoms with Gasteiger partial charge in [0.1, 0.15) is 5.60 Å². The predicted molar refractivity (Wildman–Crippen MR) is 136 cm³/mol. The van der Waals surface area contributed by atoms with E-state index in [9.17, 15) is 9.59 Å². The Bertz CT molecular complexity index is 1030. The fourth-order valence-electron chi connectivity index (χ4n) is 5.68. The molecule has 1 aromatic rings. The molecule has 3 aliphatic rings. The molecule has 2 amide bonds. The smallest absolute Gasteiger partial charge is 0.414 e. The van der Waals surface area contributed by atoms with Crippen molar-refractivity contribution in [1.29, 1.82) is 0 Å². The lowest BCUT2D eigenvalue weighted by Crippen LogP contribution is -2.51. The zero-order valence-electron chi connectivity index (χ0n) is 22.0. The van der Waals surface area contributed by atoms with Crippen molar-refractivity contribution in [3.63, 3.8) is 0 Å². The Morgan fingerprint density at radius 3 is 2.43 bits per heavy atom. The average Bonchev–Trinajstić information content (AvgIpc) is 3.21. The van der Waals surface area contributed by atoms with Crippen LogP contribution in [0.5, 0.6) is 0 Å². The van der Waals surface area contributed by atoms with E-state index >= 15 is 0 Å². The summed E-state index contributed by atoms with van der Waals surface area (Å²) >= 11 is 0. The summed E-state index contributed by atoms with van der Waals surface area (Å²) in [5, 5.41) is 9.73. The quantitative estimate of drug-likeness (QED) is 0.659. The molecule has 1 heterocycles. The van der Waals surface area contributed by atoms with E-state index in [0.29, 0.717) is 0 Å². The van der Waals surface area contributed by atoms with Crippen LogP contribution in [-0.4, -0.2) is 60.9 Å². The average molecular weight is 486 g/mol. The topological polar surface area (TPSA) is 100 Å². The number of ether oxygens (including phenoxy) is 2. The van der Waals surface area contributed by atoms with Gasteiger partial charge in [-0.1, -0.05) is 24.3 Å². The first-order chi connectivity index (χ1) is 16.4. The van der Waals surface area contributed by atoms with Gasteiger partial charge in [0.25, 0.3) is 5.91 Å². The van der Waals surface area contributed by atoms with Gasteiger partial charge in [-0.15, -0.1) is 0 Å². The van der Waals surface area contributed by atoms with Crippen LogP contribution in [0.2, 0.25) is 0 Å². The molecule has 1 aliphatic heterocycles. The third-order valence-corrected chi connectivity index (χ3v) is 7.33. The predicted octanol–water partition coefficient (Wildman–Crippen LogP) is 4.01. The van der Waals surface area contributed by atoms with Crippen molar-refractivity contribution < 1.29 is 24.2 Å². The molecule has 0 saturated heterocycles. The van der Waals surface area contributed by atoms with Crippen LogP contribution < -0.4 is 5.32 Å². The minimum Gasteiger partial charge on any atom is -0.444 e. The number of hydrogen-bond donors (Lipinski definition) is 2. The van der Waals surface area contributed by atoms with Gasteiger partial charge in [-0.3, -0.25) is 15.0 Å². The molecule has 2 aliphatic carbocycles. The standard InChI is InChI=1S/C26H35N3O4.CH4O/c1-16(2)17-8-9-18-15-25(12-10-19(32-7)11-13-25)26(20(18)14-17)21(30)29(6)22(28-26)27-23(31)33-24(3,4)5;1-2/h8-9,14,19H,1,10-13,15H2,2-7H3,(H,27,28,31);2H,1H3. The van der Waals surface area contributed by atoms with E-state index in [0.717, 1.165) is 61.5 Å². The number of nitrogens with one attached hydrogen (secondary N) is 1. The highest BCUT2D eigenvalue weighted by Crippen LogP contribution is 2.62. The van der Waals surface area contributed by atoms with Crippen LogP contribution in [0.15, 0.2) is 29.8 Å². The summed E-state index contributed by atoms with van der Waals surface area (Å²) in [6, 6.07) is 6.25. The maximum Gasteiger partial charge on any atom is 0.414 e. The molecule has 8 nitrogen and oxygen atoms in total. The van der Waals surface area contributed by atoms with E-state index in [2.05, 4.69) is 30.1 Å². The molecule has 4 rings (SSSR count).